The van der Waals surface area contributed by atoms with Crippen LogP contribution in [0.3, 0.4) is 0 Å². The first-order valence-electron chi connectivity index (χ1n) is 6.24. The molecule has 0 radical (unpaired) electrons. The van der Waals surface area contributed by atoms with E-state index in [1.807, 2.05) is 25.3 Å². The van der Waals surface area contributed by atoms with E-state index >= 15 is 0 Å². The topological polar surface area (TPSA) is 51.4 Å². The van der Waals surface area contributed by atoms with E-state index in [1.165, 1.54) is 5.69 Å². The molecule has 0 unspecified atom stereocenters. The number of fused-ring (bicyclic) bond motifs is 1. The molecule has 0 saturated carbocycles. The van der Waals surface area contributed by atoms with Gasteiger partial charge in [-0.3, -0.25) is 4.98 Å². The Bertz CT molecular complexity index is 577. The Kier molecular flexibility index (Phi) is 2.80. The number of nitrogens with two attached hydrogens (primary N) is 1. The summed E-state index contributed by atoms with van der Waals surface area (Å²) in [5.74, 6) is 0. The fourth-order valence-corrected chi connectivity index (χ4v) is 2.44. The quantitative estimate of drug-likeness (QED) is 0.778. The number of hydrogen-bond donors (Lipinski definition) is 1. The van der Waals surface area contributed by atoms with Gasteiger partial charge in [0.2, 0.25) is 0 Å². The van der Waals surface area contributed by atoms with E-state index in [2.05, 4.69) is 16.0 Å². The zero-order chi connectivity index (χ0) is 12.5. The first kappa shape index (κ1) is 11.3. The maximum absolute atomic E-state index is 6.13. The van der Waals surface area contributed by atoms with Gasteiger partial charge in [0.1, 0.15) is 0 Å². The van der Waals surface area contributed by atoms with Crippen molar-refractivity contribution in [3.8, 4) is 0 Å². The van der Waals surface area contributed by atoms with E-state index in [4.69, 9.17) is 10.5 Å². The standard InChI is InChI=1S/C14H17N3O/c1-10-9-12(17-5-7-18-8-6-17)14-11(13(10)15)3-2-4-16-14/h2-4,9H,5-8,15H2,1H3. The molecule has 2 aromatic rings. The Morgan fingerprint density at radius 2 is 2.11 bits per heavy atom. The lowest BCUT2D eigenvalue weighted by Crippen LogP contribution is -2.36. The molecular weight excluding hydrogens is 226 g/mol. The van der Waals surface area contributed by atoms with Crippen LogP contribution in [0.25, 0.3) is 10.9 Å². The highest BCUT2D eigenvalue weighted by atomic mass is 16.5. The first-order valence-corrected chi connectivity index (χ1v) is 6.24. The zero-order valence-corrected chi connectivity index (χ0v) is 10.5. The normalized spacial score (nSPS) is 16.2. The van der Waals surface area contributed by atoms with Gasteiger partial charge in [-0.25, -0.2) is 0 Å². The highest BCUT2D eigenvalue weighted by Crippen LogP contribution is 2.32. The van der Waals surface area contributed by atoms with Gasteiger partial charge in [0, 0.05) is 30.4 Å². The molecule has 2 heterocycles. The molecule has 1 aliphatic rings. The van der Waals surface area contributed by atoms with E-state index in [0.717, 1.165) is 48.5 Å². The SMILES string of the molecule is Cc1cc(N2CCOCC2)c2ncccc2c1N. The van der Waals surface area contributed by atoms with Gasteiger partial charge in [-0.05, 0) is 30.7 Å². The molecular formula is C14H17N3O. The molecule has 1 saturated heterocycles. The summed E-state index contributed by atoms with van der Waals surface area (Å²) >= 11 is 0. The number of benzene rings is 1. The van der Waals surface area contributed by atoms with Gasteiger partial charge in [0.25, 0.3) is 0 Å². The van der Waals surface area contributed by atoms with Crippen molar-refractivity contribution >= 4 is 22.3 Å². The average molecular weight is 243 g/mol. The number of anilines is 2. The minimum absolute atomic E-state index is 0.776. The molecule has 0 atom stereocenters. The van der Waals surface area contributed by atoms with Crippen LogP contribution in [0.15, 0.2) is 24.4 Å². The van der Waals surface area contributed by atoms with Gasteiger partial charge in [-0.15, -0.1) is 0 Å². The average Bonchev–Trinajstić information content (AvgIpc) is 2.44. The minimum Gasteiger partial charge on any atom is -0.398 e. The Balaban J connectivity index is 2.18. The number of rotatable bonds is 1. The maximum atomic E-state index is 6.13. The van der Waals surface area contributed by atoms with Crippen LogP contribution in [0.2, 0.25) is 0 Å². The van der Waals surface area contributed by atoms with Crippen molar-refractivity contribution in [2.45, 2.75) is 6.92 Å². The second kappa shape index (κ2) is 4.46. The molecule has 0 spiro atoms. The van der Waals surface area contributed by atoms with Crippen LogP contribution >= 0.6 is 0 Å². The third-order valence-corrected chi connectivity index (χ3v) is 3.47. The monoisotopic (exact) mass is 243 g/mol. The number of aryl methyl sites for hydroxylation is 1. The van der Waals surface area contributed by atoms with E-state index in [-0.39, 0.29) is 0 Å². The van der Waals surface area contributed by atoms with Crippen molar-refractivity contribution in [1.29, 1.82) is 0 Å². The molecule has 0 aliphatic carbocycles. The van der Waals surface area contributed by atoms with Crippen LogP contribution in [-0.4, -0.2) is 31.3 Å². The van der Waals surface area contributed by atoms with Gasteiger partial charge in [0.05, 0.1) is 24.4 Å². The highest BCUT2D eigenvalue weighted by Gasteiger charge is 2.16. The molecule has 4 heteroatoms. The fourth-order valence-electron chi connectivity index (χ4n) is 2.44. The van der Waals surface area contributed by atoms with Gasteiger partial charge in [-0.1, -0.05) is 0 Å². The van der Waals surface area contributed by atoms with Crippen molar-refractivity contribution in [3.05, 3.63) is 30.0 Å². The van der Waals surface area contributed by atoms with Gasteiger partial charge in [-0.2, -0.15) is 0 Å². The summed E-state index contributed by atoms with van der Waals surface area (Å²) in [4.78, 5) is 6.82. The summed E-state index contributed by atoms with van der Waals surface area (Å²) in [7, 11) is 0. The van der Waals surface area contributed by atoms with Crippen molar-refractivity contribution in [2.24, 2.45) is 0 Å². The number of morpholine rings is 1. The number of hydrogen-bond acceptors (Lipinski definition) is 4. The lowest BCUT2D eigenvalue weighted by Gasteiger charge is -2.30. The van der Waals surface area contributed by atoms with Crippen LogP contribution in [0.5, 0.6) is 0 Å². The summed E-state index contributed by atoms with van der Waals surface area (Å²) in [5, 5.41) is 1.04. The third kappa shape index (κ3) is 1.78. The van der Waals surface area contributed by atoms with E-state index < -0.39 is 0 Å². The Hall–Kier alpha value is -1.81. The molecule has 18 heavy (non-hydrogen) atoms. The van der Waals surface area contributed by atoms with Crippen molar-refractivity contribution < 1.29 is 4.74 Å². The predicted molar refractivity (Wildman–Crippen MR) is 73.9 cm³/mol. The van der Waals surface area contributed by atoms with Crippen molar-refractivity contribution in [2.75, 3.05) is 36.9 Å². The van der Waals surface area contributed by atoms with E-state index in [0.29, 0.717) is 0 Å². The van der Waals surface area contributed by atoms with Crippen LogP contribution in [0.4, 0.5) is 11.4 Å². The van der Waals surface area contributed by atoms with Crippen molar-refractivity contribution in [3.63, 3.8) is 0 Å². The first-order chi connectivity index (χ1) is 8.77. The lowest BCUT2D eigenvalue weighted by molar-refractivity contribution is 0.123. The second-order valence-corrected chi connectivity index (χ2v) is 4.63. The molecule has 1 aromatic carbocycles. The summed E-state index contributed by atoms with van der Waals surface area (Å²) in [6.45, 7) is 5.42. The zero-order valence-electron chi connectivity index (χ0n) is 10.5. The number of nitrogen functional groups attached to an aromatic ring is 1. The number of aromatic nitrogens is 1. The van der Waals surface area contributed by atoms with Crippen LogP contribution in [0.1, 0.15) is 5.56 Å². The largest absolute Gasteiger partial charge is 0.398 e. The summed E-state index contributed by atoms with van der Waals surface area (Å²) < 4.78 is 5.40. The predicted octanol–water partition coefficient (Wildman–Crippen LogP) is 1.96. The van der Waals surface area contributed by atoms with Crippen LogP contribution < -0.4 is 10.6 Å². The van der Waals surface area contributed by atoms with E-state index in [1.54, 1.807) is 0 Å². The molecule has 0 amide bonds. The fraction of sp³-hybridized carbons (Fsp3) is 0.357. The lowest BCUT2D eigenvalue weighted by atomic mass is 10.1. The molecule has 2 N–H and O–H groups in total. The molecule has 1 fully saturated rings. The van der Waals surface area contributed by atoms with Gasteiger partial charge in [0.15, 0.2) is 0 Å². The smallest absolute Gasteiger partial charge is 0.0956 e. The molecule has 0 bridgehead atoms. The van der Waals surface area contributed by atoms with Gasteiger partial charge >= 0.3 is 0 Å². The molecule has 1 aromatic heterocycles. The Labute approximate surface area is 106 Å². The maximum Gasteiger partial charge on any atom is 0.0956 e. The summed E-state index contributed by atoms with van der Waals surface area (Å²) in [5.41, 5.74) is 10.2. The molecule has 1 aliphatic heterocycles. The Morgan fingerprint density at radius 3 is 2.89 bits per heavy atom. The van der Waals surface area contributed by atoms with Crippen LogP contribution in [0, 0.1) is 6.92 Å². The number of nitrogens with zero attached hydrogens (tertiary/aromatic N) is 2. The molecule has 3 rings (SSSR count). The Morgan fingerprint density at radius 1 is 1.33 bits per heavy atom. The number of pyridine rings is 1. The minimum atomic E-state index is 0.776. The third-order valence-electron chi connectivity index (χ3n) is 3.47. The summed E-state index contributed by atoms with van der Waals surface area (Å²) in [6.07, 6.45) is 1.82. The second-order valence-electron chi connectivity index (χ2n) is 4.63. The summed E-state index contributed by atoms with van der Waals surface area (Å²) in [6, 6.07) is 6.10. The van der Waals surface area contributed by atoms with Crippen LogP contribution in [-0.2, 0) is 4.74 Å². The van der Waals surface area contributed by atoms with Gasteiger partial charge < -0.3 is 15.4 Å². The van der Waals surface area contributed by atoms with Crippen molar-refractivity contribution in [1.82, 2.24) is 4.98 Å². The highest BCUT2D eigenvalue weighted by molar-refractivity contribution is 6.00. The van der Waals surface area contributed by atoms with E-state index in [9.17, 15) is 0 Å². The number of ether oxygens (including phenoxy) is 1. The molecule has 94 valence electrons. The molecule has 4 nitrogen and oxygen atoms in total.